The van der Waals surface area contributed by atoms with Crippen LogP contribution >= 0.6 is 0 Å². The van der Waals surface area contributed by atoms with Crippen LogP contribution in [0.15, 0.2) is 12.1 Å². The van der Waals surface area contributed by atoms with Crippen LogP contribution in [0.5, 0.6) is 11.5 Å². The van der Waals surface area contributed by atoms with E-state index in [1.165, 1.54) is 20.3 Å². The second-order valence-electron chi connectivity index (χ2n) is 5.30. The third-order valence-corrected chi connectivity index (χ3v) is 3.76. The maximum absolute atomic E-state index is 11.2. The zero-order valence-electron chi connectivity index (χ0n) is 27.2. The minimum absolute atomic E-state index is 0.0307. The largest absolute Gasteiger partial charge is 0.493 e. The Kier molecular flexibility index (Phi) is 1.91. The molecular weight excluding hydrogens is 290 g/mol. The number of ether oxygens (including phenoxy) is 2. The Morgan fingerprint density at radius 3 is 2.96 bits per heavy atom. The Morgan fingerprint density at radius 1 is 1.52 bits per heavy atom. The lowest BCUT2D eigenvalue weighted by molar-refractivity contribution is -0.0191. The second kappa shape index (κ2) is 6.70. The van der Waals surface area contributed by atoms with Crippen molar-refractivity contribution in [1.82, 2.24) is 4.90 Å². The number of rotatable bonds is 4. The normalized spacial score (nSPS) is 53.1. The molecule has 1 N–H and O–H groups in total. The topological polar surface area (TPSA) is 41.9 Å². The minimum Gasteiger partial charge on any atom is -0.493 e. The first-order valence-electron chi connectivity index (χ1n) is 14.1. The third-order valence-electron chi connectivity index (χ3n) is 3.76. The van der Waals surface area contributed by atoms with Crippen LogP contribution in [-0.2, 0) is 6.37 Å². The molecule has 4 heteroatoms. The molecule has 0 aliphatic carbocycles. The van der Waals surface area contributed by atoms with E-state index in [1.54, 1.807) is 0 Å². The number of fused-ring (bicyclic) bond motifs is 3. The van der Waals surface area contributed by atoms with Gasteiger partial charge in [0, 0.05) is 36.9 Å². The van der Waals surface area contributed by atoms with Gasteiger partial charge in [0.15, 0.2) is 11.5 Å². The summed E-state index contributed by atoms with van der Waals surface area (Å²) in [4.78, 5) is 0.234. The van der Waals surface area contributed by atoms with E-state index in [9.17, 15) is 5.11 Å². The third kappa shape index (κ3) is 3.20. The summed E-state index contributed by atoms with van der Waals surface area (Å²) in [6.07, 6.45) is -11.2. The molecule has 23 heavy (non-hydrogen) atoms. The number of nitrogens with zero attached hydrogens (tertiary/aromatic N) is 1. The highest BCUT2D eigenvalue weighted by Crippen LogP contribution is 2.43. The number of hydrogen-bond acceptors (Lipinski definition) is 4. The fourth-order valence-electron chi connectivity index (χ4n) is 2.68. The van der Waals surface area contributed by atoms with Crippen LogP contribution in [0.2, 0.25) is 0 Å². The second-order valence-corrected chi connectivity index (χ2v) is 5.30. The molecule has 2 aliphatic rings. The predicted molar refractivity (Wildman–Crippen MR) is 91.1 cm³/mol. The average Bonchev–Trinajstić information content (AvgIpc) is 2.73. The fraction of sp³-hybridized carbons (Fsp3) is 0.684. The van der Waals surface area contributed by atoms with Crippen molar-refractivity contribution in [3.8, 4) is 11.5 Å². The summed E-state index contributed by atoms with van der Waals surface area (Å²) >= 11 is 0. The Labute approximate surface area is 159 Å². The van der Waals surface area contributed by atoms with E-state index in [0.29, 0.717) is 6.92 Å². The molecule has 0 radical (unpaired) electrons. The molecule has 1 fully saturated rings. The zero-order valence-corrected chi connectivity index (χ0v) is 13.2. The molecule has 0 spiro atoms. The van der Waals surface area contributed by atoms with Crippen molar-refractivity contribution in [2.75, 3.05) is 27.2 Å². The van der Waals surface area contributed by atoms with Gasteiger partial charge in [-0.3, -0.25) is 4.90 Å². The van der Waals surface area contributed by atoms with Crippen molar-refractivity contribution in [2.45, 2.75) is 45.1 Å². The summed E-state index contributed by atoms with van der Waals surface area (Å²) in [5.74, 6) is -6.98. The first kappa shape index (κ1) is 6.57. The van der Waals surface area contributed by atoms with Crippen LogP contribution < -0.4 is 9.47 Å². The van der Waals surface area contributed by atoms with E-state index in [2.05, 4.69) is 0 Å². The molecule has 2 aliphatic heterocycles. The van der Waals surface area contributed by atoms with Crippen LogP contribution in [0, 0.1) is 11.8 Å². The van der Waals surface area contributed by atoms with Crippen molar-refractivity contribution >= 4 is 0 Å². The minimum atomic E-state index is -3.81. The smallest absolute Gasteiger partial charge is 0.161 e. The van der Waals surface area contributed by atoms with Gasteiger partial charge in [-0.1, -0.05) is 13.8 Å². The SMILES string of the molecule is [2H]C([2H])([2H])C([2H])(C)C([2H])([2H])[C@@]1([2H])C([2H])([2H])N2[C@@H](C[C@@]1([2H])O)c1cc(OC)c(OC)cc1C([2H])([2H])C2([2H])[2H]. The van der Waals surface area contributed by atoms with Gasteiger partial charge in [0.25, 0.3) is 0 Å². The van der Waals surface area contributed by atoms with E-state index in [1.807, 2.05) is 0 Å². The van der Waals surface area contributed by atoms with Gasteiger partial charge >= 0.3 is 0 Å². The van der Waals surface area contributed by atoms with Gasteiger partial charge in [0.05, 0.1) is 21.7 Å². The number of hydrogen-bond donors (Lipinski definition) is 1. The fourth-order valence-corrected chi connectivity index (χ4v) is 2.68. The summed E-state index contributed by atoms with van der Waals surface area (Å²) in [7, 11) is 2.54. The first-order valence-corrected chi connectivity index (χ1v) is 7.11. The number of methoxy groups -OCH3 is 2. The van der Waals surface area contributed by atoms with E-state index >= 15 is 0 Å². The predicted octanol–water partition coefficient (Wildman–Crippen LogP) is 3.03. The van der Waals surface area contributed by atoms with E-state index in [4.69, 9.17) is 28.7 Å². The number of piperidine rings is 1. The number of benzene rings is 1. The monoisotopic (exact) mass is 333 g/mol. The van der Waals surface area contributed by atoms with Crippen molar-refractivity contribution in [1.29, 1.82) is 0 Å². The van der Waals surface area contributed by atoms with Crippen LogP contribution in [0.25, 0.3) is 0 Å². The molecule has 1 saturated heterocycles. The highest BCUT2D eigenvalue weighted by atomic mass is 16.5. The van der Waals surface area contributed by atoms with Gasteiger partial charge < -0.3 is 14.6 Å². The van der Waals surface area contributed by atoms with Gasteiger partial charge in [-0.15, -0.1) is 0 Å². The molecule has 0 amide bonds. The lowest BCUT2D eigenvalue weighted by Crippen LogP contribution is -2.48. The van der Waals surface area contributed by atoms with E-state index in [0.717, 1.165) is 6.07 Å². The van der Waals surface area contributed by atoms with Gasteiger partial charge in [0.2, 0.25) is 0 Å². The summed E-state index contributed by atoms with van der Waals surface area (Å²) in [6, 6.07) is 0.762. The van der Waals surface area contributed by atoms with Gasteiger partial charge in [0.1, 0.15) is 0 Å². The van der Waals surface area contributed by atoms with E-state index < -0.39 is 62.9 Å². The molecule has 1 unspecified atom stereocenters. The molecule has 1 aromatic carbocycles. The van der Waals surface area contributed by atoms with Crippen molar-refractivity contribution in [3.63, 3.8) is 0 Å². The van der Waals surface area contributed by atoms with Crippen molar-refractivity contribution < 1.29 is 33.8 Å². The molecule has 0 bridgehead atoms. The Hall–Kier alpha value is -1.26. The summed E-state index contributed by atoms with van der Waals surface area (Å²) in [6.45, 7) is -9.90. The zero-order chi connectivity index (χ0) is 29.0. The molecule has 0 saturated carbocycles. The molecule has 128 valence electrons. The Bertz CT molecular complexity index is 1090. The molecule has 2 heterocycles. The molecule has 0 aromatic heterocycles. The standard InChI is InChI=1S/C19H29NO3/c1-12(2)7-14-11-20-6-5-13-8-18(22-3)19(23-4)9-15(13)16(20)10-17(14)21/h8-9,12,14,16-17,21H,5-7,10-11H2,1-4H3/t14-,16-,17+/m0/s1/i1D3,5D2,6D2,7D2,11D2,12D,14D,17D/t12?,14-,16-,17+. The van der Waals surface area contributed by atoms with Gasteiger partial charge in [-0.2, -0.15) is 0 Å². The molecule has 1 aromatic rings. The van der Waals surface area contributed by atoms with Crippen molar-refractivity contribution in [2.24, 2.45) is 11.8 Å². The molecule has 3 rings (SSSR count). The maximum atomic E-state index is 11.2. The van der Waals surface area contributed by atoms with Crippen LogP contribution in [0.4, 0.5) is 0 Å². The first-order chi connectivity index (χ1) is 16.3. The van der Waals surface area contributed by atoms with Crippen LogP contribution in [0.3, 0.4) is 0 Å². The Balaban J connectivity index is 2.41. The molecule has 4 atom stereocenters. The quantitative estimate of drug-likeness (QED) is 0.920. The summed E-state index contributed by atoms with van der Waals surface area (Å²) < 4.78 is 128. The van der Waals surface area contributed by atoms with E-state index in [-0.39, 0.29) is 27.5 Å². The van der Waals surface area contributed by atoms with Gasteiger partial charge in [-0.25, -0.2) is 0 Å². The molecular formula is C19H29NO3. The lowest BCUT2D eigenvalue weighted by Gasteiger charge is -2.46. The van der Waals surface area contributed by atoms with Crippen LogP contribution in [0.1, 0.15) is 62.9 Å². The summed E-state index contributed by atoms with van der Waals surface area (Å²) in [5.41, 5.74) is -0.393. The summed E-state index contributed by atoms with van der Waals surface area (Å²) in [5, 5.41) is 11.2. The van der Waals surface area contributed by atoms with Gasteiger partial charge in [-0.05, 0) is 54.2 Å². The lowest BCUT2D eigenvalue weighted by atomic mass is 9.79. The molecule has 4 nitrogen and oxygen atoms in total. The van der Waals surface area contributed by atoms with Crippen LogP contribution in [-0.4, -0.2) is 43.3 Å². The Morgan fingerprint density at radius 2 is 2.26 bits per heavy atom. The number of aliphatic hydroxyl groups is 1. The van der Waals surface area contributed by atoms with Crippen molar-refractivity contribution in [3.05, 3.63) is 23.3 Å². The average molecular weight is 334 g/mol. The highest BCUT2D eigenvalue weighted by Gasteiger charge is 2.38. The highest BCUT2D eigenvalue weighted by molar-refractivity contribution is 5.49. The number of aryl methyl sites for hydroxylation is 1. The maximum Gasteiger partial charge on any atom is 0.161 e.